The van der Waals surface area contributed by atoms with Crippen molar-refractivity contribution in [3.8, 4) is 0 Å². The highest BCUT2D eigenvalue weighted by molar-refractivity contribution is 6.87. The maximum atomic E-state index is 12.0. The van der Waals surface area contributed by atoms with E-state index in [1.165, 1.54) is 28.4 Å². The molecule has 0 saturated carbocycles. The molecule has 0 aromatic rings. The zero-order valence-corrected chi connectivity index (χ0v) is 27.4. The quantitative estimate of drug-likeness (QED) is 0.109. The monoisotopic (exact) mass is 612 g/mol. The Morgan fingerprint density at radius 3 is 1.13 bits per heavy atom. The average molecular weight is 613 g/mol. The van der Waals surface area contributed by atoms with Crippen LogP contribution < -0.4 is 0 Å². The lowest BCUT2D eigenvalue weighted by atomic mass is 10.0. The van der Waals surface area contributed by atoms with Gasteiger partial charge in [0.2, 0.25) is 0 Å². The summed E-state index contributed by atoms with van der Waals surface area (Å²) in [6.45, 7) is 12.7. The second-order valence-electron chi connectivity index (χ2n) is 10.9. The van der Waals surface area contributed by atoms with Crippen molar-refractivity contribution in [3.05, 3.63) is 0 Å². The van der Waals surface area contributed by atoms with Crippen molar-refractivity contribution in [1.82, 2.24) is 0 Å². The topological polar surface area (TPSA) is 124 Å². The highest BCUT2D eigenvalue weighted by atomic mass is 28.5. The van der Waals surface area contributed by atoms with Crippen molar-refractivity contribution in [2.45, 2.75) is 105 Å². The van der Waals surface area contributed by atoms with Gasteiger partial charge in [0.05, 0.1) is 53.1 Å². The highest BCUT2D eigenvalue weighted by Gasteiger charge is 2.39. The Morgan fingerprint density at radius 1 is 0.564 bits per heavy atom. The Hall–Kier alpha value is -1.55. The van der Waals surface area contributed by atoms with Crippen LogP contribution in [0.15, 0.2) is 0 Å². The van der Waals surface area contributed by atoms with Gasteiger partial charge in [-0.05, 0) is 64.2 Å². The minimum atomic E-state index is -2.46. The minimum Gasteiger partial charge on any atom is -0.469 e. The number of ether oxygens (including phenoxy) is 4. The lowest BCUT2D eigenvalue weighted by Gasteiger charge is -2.39. The van der Waals surface area contributed by atoms with Crippen LogP contribution in [0.25, 0.3) is 0 Å². The van der Waals surface area contributed by atoms with E-state index < -0.39 is 60.9 Å². The zero-order valence-electron chi connectivity index (χ0n) is 24.4. The molecular formula is C26H56O10Si3. The molecule has 39 heavy (non-hydrogen) atoms. The molecule has 0 amide bonds. The summed E-state index contributed by atoms with van der Waals surface area (Å²) in [6.07, 6.45) is 2.53. The second-order valence-corrected chi connectivity index (χ2v) is 23.4. The van der Waals surface area contributed by atoms with E-state index in [0.717, 1.165) is 24.9 Å². The molecule has 13 heteroatoms. The zero-order chi connectivity index (χ0) is 28.9. The summed E-state index contributed by atoms with van der Waals surface area (Å²) in [4.78, 5) is 47.4. The van der Waals surface area contributed by atoms with E-state index in [2.05, 4.69) is 39.3 Å². The maximum Gasteiger partial charge on any atom is 0.311 e. The number of rotatable bonds is 18. The van der Waals surface area contributed by atoms with Gasteiger partial charge in [0, 0.05) is 0 Å². The van der Waals surface area contributed by atoms with Crippen LogP contribution in [0.4, 0.5) is 0 Å². The molecule has 0 fully saturated rings. The summed E-state index contributed by atoms with van der Waals surface area (Å²) in [5.41, 5.74) is 0. The summed E-state index contributed by atoms with van der Waals surface area (Å²) in [6, 6.07) is 1.63. The van der Waals surface area contributed by atoms with Gasteiger partial charge in [-0.15, -0.1) is 0 Å². The van der Waals surface area contributed by atoms with Gasteiger partial charge in [-0.2, -0.15) is 0 Å². The van der Waals surface area contributed by atoms with Crippen LogP contribution in [-0.4, -0.2) is 77.5 Å². The van der Waals surface area contributed by atoms with Crippen molar-refractivity contribution >= 4 is 49.1 Å². The van der Waals surface area contributed by atoms with E-state index in [4.69, 9.17) is 27.2 Å². The SMILES string of the molecule is C.C.COC(=O)CC(CCC[Si](C)(C)O[Si](C)(C)O[Si](C)(C)CCCC(CC(=O)OC)C(=O)OC)C(=O)OC. The normalized spacial score (nSPS) is 13.2. The number of carbonyl (C=O) groups excluding carboxylic acids is 4. The second kappa shape index (κ2) is 19.5. The molecule has 0 aliphatic rings. The molecule has 0 N–H and O–H groups in total. The lowest BCUT2D eigenvalue weighted by Crippen LogP contribution is -2.52. The molecule has 2 atom stereocenters. The first kappa shape index (κ1) is 41.9. The molecule has 0 rings (SSSR count). The van der Waals surface area contributed by atoms with Crippen LogP contribution >= 0.6 is 0 Å². The molecule has 232 valence electrons. The average Bonchev–Trinajstić information content (AvgIpc) is 2.79. The van der Waals surface area contributed by atoms with Crippen LogP contribution in [0.5, 0.6) is 0 Å². The maximum absolute atomic E-state index is 12.0. The Bertz CT molecular complexity index is 696. The van der Waals surface area contributed by atoms with Gasteiger partial charge in [0.1, 0.15) is 0 Å². The predicted molar refractivity (Wildman–Crippen MR) is 160 cm³/mol. The summed E-state index contributed by atoms with van der Waals surface area (Å²) >= 11 is 0. The highest BCUT2D eigenvalue weighted by Crippen LogP contribution is 2.29. The predicted octanol–water partition coefficient (Wildman–Crippen LogP) is 5.67. The number of esters is 4. The first-order valence-corrected chi connectivity index (χ1v) is 21.8. The number of carbonyl (C=O) groups is 4. The van der Waals surface area contributed by atoms with Crippen LogP contribution in [0.1, 0.15) is 53.4 Å². The van der Waals surface area contributed by atoms with Gasteiger partial charge in [0.25, 0.3) is 0 Å². The molecule has 0 aliphatic carbocycles. The summed E-state index contributed by atoms with van der Waals surface area (Å²) in [5, 5.41) is 0. The van der Waals surface area contributed by atoms with Gasteiger partial charge < -0.3 is 27.2 Å². The fourth-order valence-electron chi connectivity index (χ4n) is 4.51. The fraction of sp³-hybridized carbons (Fsp3) is 0.846. The molecule has 0 aliphatic heterocycles. The summed E-state index contributed by atoms with van der Waals surface area (Å²) in [7, 11) is -1.44. The van der Waals surface area contributed by atoms with E-state index in [1.807, 2.05) is 0 Å². The number of methoxy groups -OCH3 is 4. The van der Waals surface area contributed by atoms with Gasteiger partial charge in [-0.25, -0.2) is 0 Å². The van der Waals surface area contributed by atoms with Crippen LogP contribution in [0, 0.1) is 11.8 Å². The molecule has 10 nitrogen and oxygen atoms in total. The Labute approximate surface area is 240 Å². The van der Waals surface area contributed by atoms with Crippen molar-refractivity contribution in [1.29, 1.82) is 0 Å². The van der Waals surface area contributed by atoms with Crippen LogP contribution in [0.2, 0.25) is 51.4 Å². The van der Waals surface area contributed by atoms with Crippen molar-refractivity contribution < 1.29 is 46.4 Å². The molecule has 2 unspecified atom stereocenters. The Balaban J connectivity index is -0.00000648. The lowest BCUT2D eigenvalue weighted by molar-refractivity contribution is -0.152. The summed E-state index contributed by atoms with van der Waals surface area (Å²) < 4.78 is 32.3. The number of hydrogen-bond donors (Lipinski definition) is 0. The largest absolute Gasteiger partial charge is 0.469 e. The third-order valence-electron chi connectivity index (χ3n) is 6.06. The Kier molecular flexibility index (Phi) is 21.0. The smallest absolute Gasteiger partial charge is 0.311 e. The minimum absolute atomic E-state index is 0. The van der Waals surface area contributed by atoms with Crippen molar-refractivity contribution in [2.75, 3.05) is 28.4 Å². The van der Waals surface area contributed by atoms with Crippen LogP contribution in [-0.2, 0) is 46.4 Å². The van der Waals surface area contributed by atoms with Gasteiger partial charge in [-0.3, -0.25) is 19.2 Å². The van der Waals surface area contributed by atoms with Crippen molar-refractivity contribution in [3.63, 3.8) is 0 Å². The first-order chi connectivity index (χ1) is 17.0. The van der Waals surface area contributed by atoms with E-state index in [0.29, 0.717) is 12.8 Å². The fourth-order valence-corrected chi connectivity index (χ4v) is 18.6. The van der Waals surface area contributed by atoms with Gasteiger partial charge >= 0.3 is 32.4 Å². The third-order valence-corrected chi connectivity index (χ3v) is 17.5. The first-order valence-electron chi connectivity index (χ1n) is 12.7. The molecule has 0 aromatic heterocycles. The van der Waals surface area contributed by atoms with Crippen LogP contribution in [0.3, 0.4) is 0 Å². The Morgan fingerprint density at radius 2 is 0.872 bits per heavy atom. The molecule has 0 bridgehead atoms. The van der Waals surface area contributed by atoms with Gasteiger partial charge in [0.15, 0.2) is 16.6 Å². The summed E-state index contributed by atoms with van der Waals surface area (Å²) in [5.74, 6) is -2.72. The molecule has 0 radical (unpaired) electrons. The number of hydrogen-bond acceptors (Lipinski definition) is 10. The molecule has 0 heterocycles. The molecular weight excluding hydrogens is 557 g/mol. The van der Waals surface area contributed by atoms with E-state index >= 15 is 0 Å². The molecule has 0 saturated heterocycles. The molecule has 0 aromatic carbocycles. The van der Waals surface area contributed by atoms with E-state index in [-0.39, 0.29) is 27.7 Å². The van der Waals surface area contributed by atoms with Gasteiger partial charge in [-0.1, -0.05) is 27.7 Å². The van der Waals surface area contributed by atoms with E-state index in [1.54, 1.807) is 0 Å². The standard InChI is InChI=1S/C24H48O10Si3.2CH4/c1-29-21(25)17-19(23(27)31-3)13-11-15-35(5,6)33-37(9,10)34-36(7,8)16-12-14-20(24(28)32-4)18-22(26)30-2;;/h19-20H,11-18H2,1-10H3;2*1H4. The molecule has 0 spiro atoms. The van der Waals surface area contributed by atoms with E-state index in [9.17, 15) is 19.2 Å². The third kappa shape index (κ3) is 18.4. The van der Waals surface area contributed by atoms with Crippen molar-refractivity contribution in [2.24, 2.45) is 11.8 Å².